The van der Waals surface area contributed by atoms with Crippen LogP contribution in [0, 0.1) is 16.0 Å². The van der Waals surface area contributed by atoms with Crippen molar-refractivity contribution in [1.29, 1.82) is 0 Å². The van der Waals surface area contributed by atoms with Crippen LogP contribution in [-0.4, -0.2) is 40.9 Å². The lowest BCUT2D eigenvalue weighted by Crippen LogP contribution is -2.50. The Morgan fingerprint density at radius 3 is 2.75 bits per heavy atom. The summed E-state index contributed by atoms with van der Waals surface area (Å²) in [6, 6.07) is 2.90. The smallest absolute Gasteiger partial charge is 0.349 e. The van der Waals surface area contributed by atoms with E-state index in [0.29, 0.717) is 5.92 Å². The molecule has 0 radical (unpaired) electrons. The van der Waals surface area contributed by atoms with Crippen molar-refractivity contribution in [2.75, 3.05) is 13.2 Å². The highest BCUT2D eigenvalue weighted by molar-refractivity contribution is 7.17. The summed E-state index contributed by atoms with van der Waals surface area (Å²) in [5, 5.41) is 10.5. The summed E-state index contributed by atoms with van der Waals surface area (Å²) in [5.41, 5.74) is 0. The molecule has 0 bridgehead atoms. The molecule has 3 rings (SSSR count). The number of fused-ring (bicyclic) bond motifs is 1. The maximum atomic E-state index is 12.4. The minimum absolute atomic E-state index is 0.116. The van der Waals surface area contributed by atoms with Crippen LogP contribution in [0.25, 0.3) is 0 Å². The molecule has 0 spiro atoms. The van der Waals surface area contributed by atoms with Gasteiger partial charge in [0.05, 0.1) is 4.92 Å². The first-order valence-corrected chi connectivity index (χ1v) is 9.08. The van der Waals surface area contributed by atoms with Gasteiger partial charge in [-0.1, -0.05) is 24.2 Å². The Labute approximate surface area is 143 Å². The maximum Gasteiger partial charge on any atom is 0.349 e. The maximum absolute atomic E-state index is 12.4. The van der Waals surface area contributed by atoms with Gasteiger partial charge in [0, 0.05) is 18.7 Å². The first kappa shape index (κ1) is 16.9. The van der Waals surface area contributed by atoms with E-state index in [9.17, 15) is 19.7 Å². The second-order valence-electron chi connectivity index (χ2n) is 6.31. The minimum Gasteiger partial charge on any atom is -0.451 e. The number of hydrogen-bond acceptors (Lipinski definition) is 6. The van der Waals surface area contributed by atoms with Gasteiger partial charge in [-0.05, 0) is 37.7 Å². The van der Waals surface area contributed by atoms with Crippen LogP contribution in [0.3, 0.4) is 0 Å². The molecule has 2 fully saturated rings. The number of esters is 1. The van der Waals surface area contributed by atoms with Gasteiger partial charge in [-0.3, -0.25) is 14.9 Å². The molecule has 0 aromatic carbocycles. The second-order valence-corrected chi connectivity index (χ2v) is 7.37. The molecular weight excluding hydrogens is 332 g/mol. The molecule has 1 aromatic rings. The van der Waals surface area contributed by atoms with Gasteiger partial charge in [0.25, 0.3) is 5.91 Å². The van der Waals surface area contributed by atoms with Gasteiger partial charge in [-0.2, -0.15) is 0 Å². The molecule has 1 saturated carbocycles. The molecule has 1 saturated heterocycles. The summed E-state index contributed by atoms with van der Waals surface area (Å²) in [6.07, 6.45) is 6.75. The SMILES string of the molecule is O=C(OCC(=O)N1CCC[C@H]2CCCC[C@H]21)c1ccc([N+](=O)[O-])s1. The molecule has 2 atom stereocenters. The Morgan fingerprint density at radius 1 is 1.25 bits per heavy atom. The number of nitro groups is 1. The van der Waals surface area contributed by atoms with E-state index in [1.165, 1.54) is 31.4 Å². The average molecular weight is 352 g/mol. The molecule has 8 heteroatoms. The third kappa shape index (κ3) is 3.58. The summed E-state index contributed by atoms with van der Waals surface area (Å²) in [5.74, 6) is -0.267. The van der Waals surface area contributed by atoms with E-state index in [1.54, 1.807) is 0 Å². The van der Waals surface area contributed by atoms with Crippen molar-refractivity contribution in [3.63, 3.8) is 0 Å². The van der Waals surface area contributed by atoms with E-state index >= 15 is 0 Å². The van der Waals surface area contributed by atoms with Crippen molar-refractivity contribution in [3.05, 3.63) is 27.1 Å². The van der Waals surface area contributed by atoms with E-state index in [-0.39, 0.29) is 28.4 Å². The first-order valence-electron chi connectivity index (χ1n) is 8.27. The van der Waals surface area contributed by atoms with Crippen LogP contribution in [0.4, 0.5) is 5.00 Å². The Bertz CT molecular complexity index is 642. The van der Waals surface area contributed by atoms with Crippen LogP contribution in [0.15, 0.2) is 12.1 Å². The third-order valence-electron chi connectivity index (χ3n) is 4.86. The number of piperidine rings is 1. The fourth-order valence-corrected chi connectivity index (χ4v) is 4.47. The lowest BCUT2D eigenvalue weighted by molar-refractivity contribution is -0.380. The highest BCUT2D eigenvalue weighted by Crippen LogP contribution is 2.35. The molecule has 1 aliphatic heterocycles. The molecule has 2 aliphatic rings. The van der Waals surface area contributed by atoms with E-state index in [1.807, 2.05) is 4.90 Å². The highest BCUT2D eigenvalue weighted by atomic mass is 32.1. The fraction of sp³-hybridized carbons (Fsp3) is 0.625. The fourth-order valence-electron chi connectivity index (χ4n) is 3.75. The summed E-state index contributed by atoms with van der Waals surface area (Å²) in [6.45, 7) is 0.426. The number of likely N-dealkylation sites (tertiary alicyclic amines) is 1. The van der Waals surface area contributed by atoms with Gasteiger partial charge in [0.15, 0.2) is 6.61 Å². The van der Waals surface area contributed by atoms with E-state index in [2.05, 4.69) is 0 Å². The topological polar surface area (TPSA) is 89.8 Å². The number of rotatable bonds is 4. The predicted molar refractivity (Wildman–Crippen MR) is 87.9 cm³/mol. The molecule has 1 amide bonds. The molecular formula is C16H20N2O5S. The molecule has 130 valence electrons. The van der Waals surface area contributed by atoms with Gasteiger partial charge in [-0.25, -0.2) is 4.79 Å². The Balaban J connectivity index is 1.56. The number of ether oxygens (including phenoxy) is 1. The number of thiophene rings is 1. The van der Waals surface area contributed by atoms with Gasteiger partial charge in [0.1, 0.15) is 4.88 Å². The summed E-state index contributed by atoms with van der Waals surface area (Å²) in [4.78, 5) is 36.5. The Kier molecular flexibility index (Phi) is 5.13. The summed E-state index contributed by atoms with van der Waals surface area (Å²) < 4.78 is 5.07. The zero-order chi connectivity index (χ0) is 17.1. The molecule has 0 N–H and O–H groups in total. The average Bonchev–Trinajstić information content (AvgIpc) is 3.09. The standard InChI is InChI=1S/C16H20N2O5S/c19-14(17-9-3-5-11-4-1-2-6-12(11)17)10-23-16(20)13-7-8-15(24-13)18(21)22/h7-8,11-12H,1-6,9-10H2/t11-,12-/m1/s1. The second kappa shape index (κ2) is 7.29. The van der Waals surface area contributed by atoms with Gasteiger partial charge in [-0.15, -0.1) is 0 Å². The van der Waals surface area contributed by atoms with Crippen molar-refractivity contribution in [3.8, 4) is 0 Å². The quantitative estimate of drug-likeness (QED) is 0.472. The van der Waals surface area contributed by atoms with E-state index in [4.69, 9.17) is 4.74 Å². The molecule has 1 aliphatic carbocycles. The van der Waals surface area contributed by atoms with Crippen LogP contribution in [0.2, 0.25) is 0 Å². The lowest BCUT2D eigenvalue weighted by atomic mass is 9.78. The van der Waals surface area contributed by atoms with Crippen LogP contribution < -0.4 is 0 Å². The largest absolute Gasteiger partial charge is 0.451 e. The van der Waals surface area contributed by atoms with Gasteiger partial charge < -0.3 is 9.64 Å². The van der Waals surface area contributed by atoms with Gasteiger partial charge in [0.2, 0.25) is 0 Å². The van der Waals surface area contributed by atoms with E-state index < -0.39 is 10.9 Å². The van der Waals surface area contributed by atoms with Crippen molar-refractivity contribution in [1.82, 2.24) is 4.90 Å². The van der Waals surface area contributed by atoms with Crippen molar-refractivity contribution >= 4 is 28.2 Å². The van der Waals surface area contributed by atoms with Crippen LogP contribution in [0.5, 0.6) is 0 Å². The number of carbonyl (C=O) groups excluding carboxylic acids is 2. The van der Waals surface area contributed by atoms with Crippen molar-refractivity contribution < 1.29 is 19.2 Å². The molecule has 7 nitrogen and oxygen atoms in total. The summed E-state index contributed by atoms with van der Waals surface area (Å²) >= 11 is 0.756. The zero-order valence-corrected chi connectivity index (χ0v) is 14.1. The number of nitrogens with zero attached hydrogens (tertiary/aromatic N) is 2. The predicted octanol–water partition coefficient (Wildman–Crippen LogP) is 2.99. The molecule has 24 heavy (non-hydrogen) atoms. The molecule has 1 aromatic heterocycles. The molecule has 0 unspecified atom stereocenters. The van der Waals surface area contributed by atoms with Crippen LogP contribution in [-0.2, 0) is 9.53 Å². The van der Waals surface area contributed by atoms with Crippen LogP contribution in [0.1, 0.15) is 48.2 Å². The molecule has 2 heterocycles. The Morgan fingerprint density at radius 2 is 2.00 bits per heavy atom. The first-order chi connectivity index (χ1) is 11.6. The van der Waals surface area contributed by atoms with Crippen molar-refractivity contribution in [2.45, 2.75) is 44.6 Å². The third-order valence-corrected chi connectivity index (χ3v) is 5.88. The number of carbonyl (C=O) groups is 2. The Hall–Kier alpha value is -1.96. The van der Waals surface area contributed by atoms with Gasteiger partial charge >= 0.3 is 11.0 Å². The van der Waals surface area contributed by atoms with Crippen LogP contribution >= 0.6 is 11.3 Å². The van der Waals surface area contributed by atoms with E-state index in [0.717, 1.165) is 37.1 Å². The monoisotopic (exact) mass is 352 g/mol. The lowest BCUT2D eigenvalue weighted by Gasteiger charge is -2.44. The highest BCUT2D eigenvalue weighted by Gasteiger charge is 2.35. The normalized spacial score (nSPS) is 23.4. The van der Waals surface area contributed by atoms with Crippen molar-refractivity contribution in [2.24, 2.45) is 5.92 Å². The minimum atomic E-state index is -0.682. The number of amides is 1. The summed E-state index contributed by atoms with van der Waals surface area (Å²) in [7, 11) is 0. The number of hydrogen-bond donors (Lipinski definition) is 0. The zero-order valence-electron chi connectivity index (χ0n) is 13.3.